The van der Waals surface area contributed by atoms with Gasteiger partial charge in [-0.3, -0.25) is 14.8 Å². The number of amides is 1. The van der Waals surface area contributed by atoms with Gasteiger partial charge in [-0.2, -0.15) is 5.10 Å². The number of hydrogen-bond acceptors (Lipinski definition) is 4. The second-order valence-electron chi connectivity index (χ2n) is 6.39. The predicted molar refractivity (Wildman–Crippen MR) is 107 cm³/mol. The SMILES string of the molecule is CC(NC(=O)c1cn(-c2ccccc2)nc1-c1cccnc1)c1ccncc1. The molecule has 1 amide bonds. The van der Waals surface area contributed by atoms with E-state index in [0.29, 0.717) is 11.3 Å². The summed E-state index contributed by atoms with van der Waals surface area (Å²) in [6, 6.07) is 17.1. The van der Waals surface area contributed by atoms with Crippen LogP contribution in [-0.2, 0) is 0 Å². The normalized spacial score (nSPS) is 11.8. The zero-order valence-electron chi connectivity index (χ0n) is 15.4. The molecule has 0 radical (unpaired) electrons. The van der Waals surface area contributed by atoms with Crippen molar-refractivity contribution in [3.63, 3.8) is 0 Å². The van der Waals surface area contributed by atoms with Gasteiger partial charge in [-0.15, -0.1) is 0 Å². The van der Waals surface area contributed by atoms with Crippen molar-refractivity contribution in [1.29, 1.82) is 0 Å². The zero-order valence-corrected chi connectivity index (χ0v) is 15.4. The first-order valence-corrected chi connectivity index (χ1v) is 8.98. The van der Waals surface area contributed by atoms with E-state index in [4.69, 9.17) is 0 Å². The van der Waals surface area contributed by atoms with E-state index in [-0.39, 0.29) is 11.9 Å². The summed E-state index contributed by atoms with van der Waals surface area (Å²) in [5.74, 6) is -0.189. The first-order chi connectivity index (χ1) is 13.7. The maximum Gasteiger partial charge on any atom is 0.255 e. The molecule has 1 N–H and O–H groups in total. The minimum Gasteiger partial charge on any atom is -0.345 e. The molecule has 3 aromatic heterocycles. The summed E-state index contributed by atoms with van der Waals surface area (Å²) in [5, 5.41) is 7.70. The van der Waals surface area contributed by atoms with Crippen LogP contribution in [0.2, 0.25) is 0 Å². The van der Waals surface area contributed by atoms with Gasteiger partial charge in [0.2, 0.25) is 0 Å². The summed E-state index contributed by atoms with van der Waals surface area (Å²) in [6.07, 6.45) is 8.59. The Labute approximate surface area is 162 Å². The molecule has 4 aromatic rings. The molecule has 0 spiro atoms. The molecule has 1 atom stereocenters. The summed E-state index contributed by atoms with van der Waals surface area (Å²) < 4.78 is 1.72. The maximum absolute atomic E-state index is 13.1. The van der Waals surface area contributed by atoms with E-state index in [0.717, 1.165) is 16.8 Å². The first kappa shape index (κ1) is 17.6. The van der Waals surface area contributed by atoms with Crippen LogP contribution in [0.5, 0.6) is 0 Å². The molecule has 138 valence electrons. The lowest BCUT2D eigenvalue weighted by molar-refractivity contribution is 0.0940. The zero-order chi connectivity index (χ0) is 19.3. The summed E-state index contributed by atoms with van der Waals surface area (Å²) in [6.45, 7) is 1.94. The second kappa shape index (κ2) is 7.84. The van der Waals surface area contributed by atoms with Crippen LogP contribution in [-0.4, -0.2) is 25.7 Å². The number of rotatable bonds is 5. The summed E-state index contributed by atoms with van der Waals surface area (Å²) >= 11 is 0. The third kappa shape index (κ3) is 3.66. The fraction of sp³-hybridized carbons (Fsp3) is 0.0909. The Hall–Kier alpha value is -3.80. The predicted octanol–water partition coefficient (Wildman–Crippen LogP) is 3.82. The molecule has 1 aromatic carbocycles. The molecule has 0 aliphatic carbocycles. The van der Waals surface area contributed by atoms with Crippen molar-refractivity contribution in [1.82, 2.24) is 25.1 Å². The highest BCUT2D eigenvalue weighted by atomic mass is 16.1. The van der Waals surface area contributed by atoms with E-state index in [1.165, 1.54) is 0 Å². The van der Waals surface area contributed by atoms with E-state index in [1.54, 1.807) is 35.7 Å². The average Bonchev–Trinajstić information content (AvgIpc) is 3.21. The van der Waals surface area contributed by atoms with Crippen molar-refractivity contribution in [3.8, 4) is 16.9 Å². The molecule has 28 heavy (non-hydrogen) atoms. The van der Waals surface area contributed by atoms with Crippen LogP contribution >= 0.6 is 0 Å². The topological polar surface area (TPSA) is 72.7 Å². The number of nitrogens with zero attached hydrogens (tertiary/aromatic N) is 4. The Morgan fingerprint density at radius 2 is 1.75 bits per heavy atom. The Balaban J connectivity index is 1.70. The van der Waals surface area contributed by atoms with Crippen LogP contribution in [0.1, 0.15) is 28.9 Å². The molecule has 1 unspecified atom stereocenters. The third-order valence-corrected chi connectivity index (χ3v) is 4.47. The van der Waals surface area contributed by atoms with Crippen molar-refractivity contribution >= 4 is 5.91 Å². The van der Waals surface area contributed by atoms with Gasteiger partial charge in [-0.1, -0.05) is 18.2 Å². The highest BCUT2D eigenvalue weighted by Gasteiger charge is 2.20. The average molecular weight is 369 g/mol. The second-order valence-corrected chi connectivity index (χ2v) is 6.39. The molecule has 0 aliphatic heterocycles. The van der Waals surface area contributed by atoms with Gasteiger partial charge in [0.05, 0.1) is 17.3 Å². The number of para-hydroxylation sites is 1. The van der Waals surface area contributed by atoms with Crippen molar-refractivity contribution in [2.45, 2.75) is 13.0 Å². The van der Waals surface area contributed by atoms with E-state index < -0.39 is 0 Å². The molecule has 3 heterocycles. The Kier molecular flexibility index (Phi) is 4.93. The van der Waals surface area contributed by atoms with Crippen molar-refractivity contribution in [2.75, 3.05) is 0 Å². The van der Waals surface area contributed by atoms with E-state index >= 15 is 0 Å². The minimum atomic E-state index is -0.189. The van der Waals surface area contributed by atoms with Crippen LogP contribution < -0.4 is 5.32 Å². The van der Waals surface area contributed by atoms with Gasteiger partial charge in [0.1, 0.15) is 5.69 Å². The number of benzene rings is 1. The monoisotopic (exact) mass is 369 g/mol. The first-order valence-electron chi connectivity index (χ1n) is 8.98. The van der Waals surface area contributed by atoms with E-state index in [2.05, 4.69) is 20.4 Å². The van der Waals surface area contributed by atoms with Gasteiger partial charge in [-0.05, 0) is 48.9 Å². The Morgan fingerprint density at radius 3 is 2.46 bits per heavy atom. The summed E-state index contributed by atoms with van der Waals surface area (Å²) in [4.78, 5) is 21.3. The number of hydrogen-bond donors (Lipinski definition) is 1. The number of carbonyl (C=O) groups is 1. The van der Waals surface area contributed by atoms with Gasteiger partial charge in [0.25, 0.3) is 5.91 Å². The van der Waals surface area contributed by atoms with Gasteiger partial charge in [0.15, 0.2) is 0 Å². The highest BCUT2D eigenvalue weighted by Crippen LogP contribution is 2.24. The fourth-order valence-electron chi connectivity index (χ4n) is 2.98. The maximum atomic E-state index is 13.1. The van der Waals surface area contributed by atoms with Gasteiger partial charge in [-0.25, -0.2) is 4.68 Å². The quantitative estimate of drug-likeness (QED) is 0.580. The fourth-order valence-corrected chi connectivity index (χ4v) is 2.98. The number of pyridine rings is 2. The number of aromatic nitrogens is 4. The molecular formula is C22H19N5O. The van der Waals surface area contributed by atoms with Crippen molar-refractivity contribution in [3.05, 3.63) is 96.7 Å². The van der Waals surface area contributed by atoms with Gasteiger partial charge >= 0.3 is 0 Å². The number of carbonyl (C=O) groups excluding carboxylic acids is 1. The van der Waals surface area contributed by atoms with Crippen LogP contribution in [0, 0.1) is 0 Å². The standard InChI is InChI=1S/C22H19N5O/c1-16(17-9-12-23-13-10-17)25-22(28)20-15-27(19-7-3-2-4-8-19)26-21(20)18-6-5-11-24-14-18/h2-16H,1H3,(H,25,28). The summed E-state index contributed by atoms with van der Waals surface area (Å²) in [7, 11) is 0. The van der Waals surface area contributed by atoms with Crippen LogP contribution in [0.3, 0.4) is 0 Å². The smallest absolute Gasteiger partial charge is 0.255 e. The molecule has 4 rings (SSSR count). The van der Waals surface area contributed by atoms with Gasteiger partial charge < -0.3 is 5.32 Å². The lowest BCUT2D eigenvalue weighted by atomic mass is 10.1. The molecular weight excluding hydrogens is 350 g/mol. The third-order valence-electron chi connectivity index (χ3n) is 4.47. The van der Waals surface area contributed by atoms with Crippen molar-refractivity contribution < 1.29 is 4.79 Å². The lowest BCUT2D eigenvalue weighted by Crippen LogP contribution is -2.26. The van der Waals surface area contributed by atoms with Crippen LogP contribution in [0.4, 0.5) is 0 Å². The molecule has 0 bridgehead atoms. The molecule has 0 aliphatic rings. The van der Waals surface area contributed by atoms with Crippen LogP contribution in [0.15, 0.2) is 85.6 Å². The summed E-state index contributed by atoms with van der Waals surface area (Å²) in [5.41, 5.74) is 3.75. The van der Waals surface area contributed by atoms with Crippen LogP contribution in [0.25, 0.3) is 16.9 Å². The Bertz CT molecular complexity index is 1060. The van der Waals surface area contributed by atoms with E-state index in [9.17, 15) is 4.79 Å². The largest absolute Gasteiger partial charge is 0.345 e. The van der Waals surface area contributed by atoms with Crippen molar-refractivity contribution in [2.24, 2.45) is 0 Å². The minimum absolute atomic E-state index is 0.155. The highest BCUT2D eigenvalue weighted by molar-refractivity contribution is 6.00. The molecule has 0 fully saturated rings. The molecule has 0 saturated carbocycles. The van der Waals surface area contributed by atoms with Gasteiger partial charge in [0, 0.05) is 36.5 Å². The Morgan fingerprint density at radius 1 is 0.964 bits per heavy atom. The van der Waals surface area contributed by atoms with E-state index in [1.807, 2.05) is 61.5 Å². The molecule has 0 saturated heterocycles. The molecule has 6 heteroatoms. The number of nitrogens with one attached hydrogen (secondary N) is 1. The molecule has 6 nitrogen and oxygen atoms in total. The lowest BCUT2D eigenvalue weighted by Gasteiger charge is -2.14.